The zero-order chi connectivity index (χ0) is 12.5. The molecule has 1 atom stereocenters. The van der Waals surface area contributed by atoms with Gasteiger partial charge in [0.15, 0.2) is 0 Å². The number of rotatable bonds is 7. The average Bonchev–Trinajstić information content (AvgIpc) is 2.37. The van der Waals surface area contributed by atoms with Gasteiger partial charge in [0.05, 0.1) is 6.10 Å². The van der Waals surface area contributed by atoms with E-state index in [-0.39, 0.29) is 6.10 Å². The van der Waals surface area contributed by atoms with E-state index in [2.05, 4.69) is 41.3 Å². The Morgan fingerprint density at radius 2 is 2.00 bits per heavy atom. The van der Waals surface area contributed by atoms with Crippen LogP contribution in [-0.2, 0) is 6.54 Å². The summed E-state index contributed by atoms with van der Waals surface area (Å²) < 4.78 is 0. The molecule has 0 bridgehead atoms. The van der Waals surface area contributed by atoms with Gasteiger partial charge in [-0.15, -0.1) is 0 Å². The van der Waals surface area contributed by atoms with E-state index in [4.69, 9.17) is 0 Å². The van der Waals surface area contributed by atoms with Crippen LogP contribution in [0.4, 0.5) is 0 Å². The molecule has 0 saturated carbocycles. The SMILES string of the molecule is C/C=C/CN(Cc1ccccc1)CC(O)CC. The van der Waals surface area contributed by atoms with Crippen LogP contribution in [0.25, 0.3) is 0 Å². The largest absolute Gasteiger partial charge is 0.392 e. The van der Waals surface area contributed by atoms with Gasteiger partial charge < -0.3 is 5.11 Å². The molecule has 2 heteroatoms. The standard InChI is InChI=1S/C15H23NO/c1-3-5-11-16(13-15(17)4-2)12-14-9-7-6-8-10-14/h3,5-10,15,17H,4,11-13H2,1-2H3/b5-3+. The van der Waals surface area contributed by atoms with Gasteiger partial charge in [0.1, 0.15) is 0 Å². The molecule has 94 valence electrons. The van der Waals surface area contributed by atoms with Crippen LogP contribution in [-0.4, -0.2) is 29.2 Å². The van der Waals surface area contributed by atoms with E-state index in [0.29, 0.717) is 0 Å². The summed E-state index contributed by atoms with van der Waals surface area (Å²) in [6.07, 6.45) is 4.76. The Morgan fingerprint density at radius 1 is 1.29 bits per heavy atom. The van der Waals surface area contributed by atoms with Gasteiger partial charge in [-0.1, -0.05) is 49.4 Å². The Labute approximate surface area is 105 Å². The third-order valence-corrected chi connectivity index (χ3v) is 2.79. The molecule has 0 aliphatic rings. The molecule has 0 saturated heterocycles. The lowest BCUT2D eigenvalue weighted by Crippen LogP contribution is -2.31. The van der Waals surface area contributed by atoms with Gasteiger partial charge in [0.2, 0.25) is 0 Å². The summed E-state index contributed by atoms with van der Waals surface area (Å²) in [5, 5.41) is 9.74. The second-order valence-electron chi connectivity index (χ2n) is 4.31. The molecule has 17 heavy (non-hydrogen) atoms. The monoisotopic (exact) mass is 233 g/mol. The van der Waals surface area contributed by atoms with Crippen LogP contribution in [0.2, 0.25) is 0 Å². The molecule has 1 N–H and O–H groups in total. The Morgan fingerprint density at radius 3 is 2.59 bits per heavy atom. The Balaban J connectivity index is 2.56. The smallest absolute Gasteiger partial charge is 0.0664 e. The van der Waals surface area contributed by atoms with Crippen LogP contribution in [0, 0.1) is 0 Å². The average molecular weight is 233 g/mol. The van der Waals surface area contributed by atoms with Gasteiger partial charge in [-0.05, 0) is 18.9 Å². The summed E-state index contributed by atoms with van der Waals surface area (Å²) >= 11 is 0. The van der Waals surface area contributed by atoms with Gasteiger partial charge in [0.25, 0.3) is 0 Å². The highest BCUT2D eigenvalue weighted by molar-refractivity contribution is 5.14. The van der Waals surface area contributed by atoms with Gasteiger partial charge in [-0.2, -0.15) is 0 Å². The molecule has 0 heterocycles. The Kier molecular flexibility index (Phi) is 6.60. The van der Waals surface area contributed by atoms with E-state index in [1.54, 1.807) is 0 Å². The van der Waals surface area contributed by atoms with Crippen molar-refractivity contribution in [1.29, 1.82) is 0 Å². The van der Waals surface area contributed by atoms with E-state index in [9.17, 15) is 5.11 Å². The first-order chi connectivity index (χ1) is 8.26. The summed E-state index contributed by atoms with van der Waals surface area (Å²) in [5.41, 5.74) is 1.29. The number of hydrogen-bond acceptors (Lipinski definition) is 2. The van der Waals surface area contributed by atoms with Crippen LogP contribution >= 0.6 is 0 Å². The topological polar surface area (TPSA) is 23.5 Å². The fourth-order valence-electron chi connectivity index (χ4n) is 1.73. The number of allylic oxidation sites excluding steroid dienone is 1. The number of aliphatic hydroxyl groups excluding tert-OH is 1. The molecule has 0 aliphatic heterocycles. The van der Waals surface area contributed by atoms with Crippen molar-refractivity contribution < 1.29 is 5.11 Å². The molecule has 0 amide bonds. The summed E-state index contributed by atoms with van der Waals surface area (Å²) in [7, 11) is 0. The molecule has 1 rings (SSSR count). The van der Waals surface area contributed by atoms with Crippen molar-refractivity contribution in [3.63, 3.8) is 0 Å². The predicted octanol–water partition coefficient (Wildman–Crippen LogP) is 2.84. The highest BCUT2D eigenvalue weighted by Gasteiger charge is 2.09. The molecule has 0 aromatic heterocycles. The third-order valence-electron chi connectivity index (χ3n) is 2.79. The molecule has 0 aliphatic carbocycles. The lowest BCUT2D eigenvalue weighted by Gasteiger charge is -2.23. The van der Waals surface area contributed by atoms with Crippen LogP contribution < -0.4 is 0 Å². The fourth-order valence-corrected chi connectivity index (χ4v) is 1.73. The zero-order valence-electron chi connectivity index (χ0n) is 10.8. The predicted molar refractivity (Wildman–Crippen MR) is 72.8 cm³/mol. The van der Waals surface area contributed by atoms with Gasteiger partial charge in [-0.25, -0.2) is 0 Å². The number of nitrogens with zero attached hydrogens (tertiary/aromatic N) is 1. The van der Waals surface area contributed by atoms with E-state index in [1.807, 2.05) is 19.9 Å². The second-order valence-corrected chi connectivity index (χ2v) is 4.31. The number of hydrogen-bond donors (Lipinski definition) is 1. The van der Waals surface area contributed by atoms with Crippen molar-refractivity contribution in [3.05, 3.63) is 48.0 Å². The molecule has 0 radical (unpaired) electrons. The van der Waals surface area contributed by atoms with Crippen molar-refractivity contribution in [2.24, 2.45) is 0 Å². The quantitative estimate of drug-likeness (QED) is 0.732. The third kappa shape index (κ3) is 5.66. The van der Waals surface area contributed by atoms with Crippen molar-refractivity contribution in [3.8, 4) is 0 Å². The van der Waals surface area contributed by atoms with E-state index < -0.39 is 0 Å². The lowest BCUT2D eigenvalue weighted by atomic mass is 10.2. The summed E-state index contributed by atoms with van der Waals surface area (Å²) in [4.78, 5) is 2.27. The highest BCUT2D eigenvalue weighted by Crippen LogP contribution is 2.06. The first-order valence-corrected chi connectivity index (χ1v) is 6.31. The van der Waals surface area contributed by atoms with Crippen LogP contribution in [0.3, 0.4) is 0 Å². The van der Waals surface area contributed by atoms with E-state index in [1.165, 1.54) is 5.56 Å². The number of aliphatic hydroxyl groups is 1. The molecule has 0 fully saturated rings. The van der Waals surface area contributed by atoms with Gasteiger partial charge in [-0.3, -0.25) is 4.90 Å². The molecular weight excluding hydrogens is 210 g/mol. The summed E-state index contributed by atoms with van der Waals surface area (Å²) in [6, 6.07) is 10.4. The number of benzene rings is 1. The first kappa shape index (κ1) is 13.9. The van der Waals surface area contributed by atoms with Crippen molar-refractivity contribution in [2.75, 3.05) is 13.1 Å². The van der Waals surface area contributed by atoms with Crippen LogP contribution in [0.5, 0.6) is 0 Å². The molecule has 1 aromatic rings. The van der Waals surface area contributed by atoms with Crippen LogP contribution in [0.1, 0.15) is 25.8 Å². The van der Waals surface area contributed by atoms with Crippen molar-refractivity contribution in [1.82, 2.24) is 4.90 Å². The minimum Gasteiger partial charge on any atom is -0.392 e. The van der Waals surface area contributed by atoms with Gasteiger partial charge >= 0.3 is 0 Å². The fraction of sp³-hybridized carbons (Fsp3) is 0.467. The minimum absolute atomic E-state index is 0.232. The van der Waals surface area contributed by atoms with E-state index in [0.717, 1.165) is 26.1 Å². The van der Waals surface area contributed by atoms with Crippen LogP contribution in [0.15, 0.2) is 42.5 Å². The van der Waals surface area contributed by atoms with Gasteiger partial charge in [0, 0.05) is 19.6 Å². The Bertz CT molecular complexity index is 321. The molecule has 0 spiro atoms. The molecular formula is C15H23NO. The minimum atomic E-state index is -0.232. The Hall–Kier alpha value is -1.12. The first-order valence-electron chi connectivity index (χ1n) is 6.31. The molecule has 2 nitrogen and oxygen atoms in total. The lowest BCUT2D eigenvalue weighted by molar-refractivity contribution is 0.112. The maximum atomic E-state index is 9.74. The summed E-state index contributed by atoms with van der Waals surface area (Å²) in [6.45, 7) is 6.55. The second kappa shape index (κ2) is 8.04. The van der Waals surface area contributed by atoms with Crippen molar-refractivity contribution >= 4 is 0 Å². The highest BCUT2D eigenvalue weighted by atomic mass is 16.3. The summed E-state index contributed by atoms with van der Waals surface area (Å²) in [5.74, 6) is 0. The maximum Gasteiger partial charge on any atom is 0.0664 e. The van der Waals surface area contributed by atoms with E-state index >= 15 is 0 Å². The zero-order valence-corrected chi connectivity index (χ0v) is 10.8. The normalized spacial score (nSPS) is 13.4. The van der Waals surface area contributed by atoms with Crippen molar-refractivity contribution in [2.45, 2.75) is 32.9 Å². The maximum absolute atomic E-state index is 9.74. The molecule has 1 unspecified atom stereocenters. The molecule has 1 aromatic carbocycles.